The summed E-state index contributed by atoms with van der Waals surface area (Å²) >= 11 is 0. The molecule has 34 heavy (non-hydrogen) atoms. The molecule has 1 aliphatic rings. The van der Waals surface area contributed by atoms with Gasteiger partial charge < -0.3 is 26.6 Å². The van der Waals surface area contributed by atoms with Crippen molar-refractivity contribution in [3.05, 3.63) is 59.7 Å². The number of likely N-dealkylation sites (N-methyl/N-ethyl adjacent to an activating group) is 1. The molecule has 0 saturated carbocycles. The molecule has 0 aliphatic carbocycles. The van der Waals surface area contributed by atoms with Gasteiger partial charge in [-0.2, -0.15) is 4.98 Å². The number of piperidine rings is 1. The molecule has 1 fully saturated rings. The van der Waals surface area contributed by atoms with E-state index in [0.29, 0.717) is 35.5 Å². The Morgan fingerprint density at radius 1 is 1.09 bits per heavy atom. The maximum Gasteiger partial charge on any atom is 0.349 e. The minimum Gasteiger partial charge on any atom is -0.368 e. The molecule has 11 heteroatoms. The highest BCUT2D eigenvalue weighted by Gasteiger charge is 2.35. The van der Waals surface area contributed by atoms with Crippen LogP contribution in [0.2, 0.25) is 0 Å². The van der Waals surface area contributed by atoms with Gasteiger partial charge in [0.25, 0.3) is 5.91 Å². The fourth-order valence-corrected chi connectivity index (χ4v) is 3.98. The van der Waals surface area contributed by atoms with Crippen molar-refractivity contribution in [2.75, 3.05) is 43.6 Å². The minimum absolute atomic E-state index is 0.105. The predicted molar refractivity (Wildman–Crippen MR) is 128 cm³/mol. The van der Waals surface area contributed by atoms with Gasteiger partial charge in [0, 0.05) is 30.5 Å². The zero-order valence-electron chi connectivity index (χ0n) is 19.0. The molecule has 5 N–H and O–H groups in total. The number of amides is 2. The van der Waals surface area contributed by atoms with E-state index in [1.54, 1.807) is 55.6 Å². The number of halogens is 1. The lowest BCUT2D eigenvalue weighted by atomic mass is 9.87. The van der Waals surface area contributed by atoms with E-state index < -0.39 is 11.7 Å². The average Bonchev–Trinajstić information content (AvgIpc) is 3.19. The van der Waals surface area contributed by atoms with Gasteiger partial charge in [-0.25, -0.2) is 9.18 Å². The highest BCUT2D eigenvalue weighted by molar-refractivity contribution is 5.94. The highest BCUT2D eigenvalue weighted by atomic mass is 19.1. The Morgan fingerprint density at radius 3 is 2.41 bits per heavy atom. The highest BCUT2D eigenvalue weighted by Crippen LogP contribution is 2.35. The maximum absolute atomic E-state index is 15.3. The molecule has 1 unspecified atom stereocenters. The van der Waals surface area contributed by atoms with Crippen LogP contribution >= 0.6 is 0 Å². The average molecular weight is 467 g/mol. The van der Waals surface area contributed by atoms with Crippen molar-refractivity contribution in [1.29, 1.82) is 0 Å². The summed E-state index contributed by atoms with van der Waals surface area (Å²) in [7, 11) is 3.47. The molecule has 3 aromatic rings. The number of anilines is 4. The van der Waals surface area contributed by atoms with Crippen molar-refractivity contribution >= 4 is 35.2 Å². The fourth-order valence-electron chi connectivity index (χ4n) is 3.98. The third-order valence-electron chi connectivity index (χ3n) is 5.74. The topological polar surface area (TPSA) is 130 Å². The van der Waals surface area contributed by atoms with E-state index in [4.69, 9.17) is 5.73 Å². The van der Waals surface area contributed by atoms with Gasteiger partial charge in [-0.05, 0) is 68.4 Å². The third-order valence-corrected chi connectivity index (χ3v) is 5.74. The molecule has 1 aliphatic heterocycles. The quantitative estimate of drug-likeness (QED) is 0.455. The van der Waals surface area contributed by atoms with Gasteiger partial charge in [0.2, 0.25) is 11.9 Å². The van der Waals surface area contributed by atoms with Gasteiger partial charge >= 0.3 is 6.03 Å². The SMILES string of the molecule is CNC(=O)c1ccc(Nc2nc(N)n(C(=O)Nc3ccc(C4(F)CCCN(C)C4)cc3)n2)cc1. The lowest BCUT2D eigenvalue weighted by Gasteiger charge is -2.35. The number of aromatic nitrogens is 3. The first-order valence-corrected chi connectivity index (χ1v) is 10.9. The number of nitrogen functional groups attached to an aromatic ring is 1. The van der Waals surface area contributed by atoms with Crippen LogP contribution in [0.3, 0.4) is 0 Å². The van der Waals surface area contributed by atoms with Crippen LogP contribution in [-0.2, 0) is 5.67 Å². The van der Waals surface area contributed by atoms with E-state index >= 15 is 4.39 Å². The van der Waals surface area contributed by atoms with Gasteiger partial charge in [0.05, 0.1) is 0 Å². The van der Waals surface area contributed by atoms with E-state index in [2.05, 4.69) is 26.0 Å². The summed E-state index contributed by atoms with van der Waals surface area (Å²) in [4.78, 5) is 30.3. The van der Waals surface area contributed by atoms with Crippen LogP contribution in [-0.4, -0.2) is 58.8 Å². The summed E-state index contributed by atoms with van der Waals surface area (Å²) in [6.45, 7) is 1.23. The molecule has 2 heterocycles. The van der Waals surface area contributed by atoms with Crippen LogP contribution < -0.4 is 21.7 Å². The molecular weight excluding hydrogens is 439 g/mol. The molecule has 1 aromatic heterocycles. The van der Waals surface area contributed by atoms with Gasteiger partial charge in [-0.3, -0.25) is 4.79 Å². The molecule has 2 aromatic carbocycles. The largest absolute Gasteiger partial charge is 0.368 e. The number of nitrogens with two attached hydrogens (primary N) is 1. The number of nitrogens with one attached hydrogen (secondary N) is 3. The molecule has 1 atom stereocenters. The Labute approximate surface area is 196 Å². The Balaban J connectivity index is 1.41. The van der Waals surface area contributed by atoms with E-state index in [1.807, 2.05) is 11.9 Å². The summed E-state index contributed by atoms with van der Waals surface area (Å²) < 4.78 is 16.3. The van der Waals surface area contributed by atoms with Gasteiger partial charge in [-0.1, -0.05) is 12.1 Å². The lowest BCUT2D eigenvalue weighted by Crippen LogP contribution is -2.41. The van der Waals surface area contributed by atoms with Crippen LogP contribution in [0.15, 0.2) is 48.5 Å². The maximum atomic E-state index is 15.3. The molecule has 178 valence electrons. The smallest absolute Gasteiger partial charge is 0.349 e. The second-order valence-corrected chi connectivity index (χ2v) is 8.30. The zero-order chi connectivity index (χ0) is 24.3. The van der Waals surface area contributed by atoms with E-state index in [9.17, 15) is 9.59 Å². The van der Waals surface area contributed by atoms with E-state index in [0.717, 1.165) is 17.6 Å². The summed E-state index contributed by atoms with van der Waals surface area (Å²) in [5.74, 6) is -0.182. The number of rotatable bonds is 5. The molecular formula is C23H27FN8O2. The lowest BCUT2D eigenvalue weighted by molar-refractivity contribution is 0.0564. The zero-order valence-corrected chi connectivity index (χ0v) is 19.0. The summed E-state index contributed by atoms with van der Waals surface area (Å²) in [5, 5.41) is 12.3. The summed E-state index contributed by atoms with van der Waals surface area (Å²) in [5.41, 5.74) is 6.66. The number of alkyl halides is 1. The number of likely N-dealkylation sites (tertiary alicyclic amines) is 1. The van der Waals surface area contributed by atoms with Crippen molar-refractivity contribution in [2.45, 2.75) is 18.5 Å². The standard InChI is InChI=1S/C23H27FN8O2/c1-26-19(33)15-4-8-17(9-5-15)27-21-29-20(25)32(30-21)22(34)28-18-10-6-16(7-11-18)23(24)12-3-13-31(2)14-23/h4-11H,3,12-14H2,1-2H3,(H,26,33)(H,28,34)(H3,25,27,29,30). The van der Waals surface area contributed by atoms with Crippen molar-refractivity contribution in [3.8, 4) is 0 Å². The van der Waals surface area contributed by atoms with Crippen molar-refractivity contribution in [3.63, 3.8) is 0 Å². The second kappa shape index (κ2) is 9.48. The molecule has 1 saturated heterocycles. The van der Waals surface area contributed by atoms with Gasteiger partial charge in [-0.15, -0.1) is 9.78 Å². The Morgan fingerprint density at radius 2 is 1.76 bits per heavy atom. The number of hydrogen-bond acceptors (Lipinski definition) is 7. The Kier molecular flexibility index (Phi) is 6.46. The van der Waals surface area contributed by atoms with Crippen molar-refractivity contribution < 1.29 is 14.0 Å². The number of carbonyl (C=O) groups is 2. The molecule has 2 amide bonds. The monoisotopic (exact) mass is 466 g/mol. The van der Waals surface area contributed by atoms with Crippen molar-refractivity contribution in [2.24, 2.45) is 0 Å². The predicted octanol–water partition coefficient (Wildman–Crippen LogP) is 2.93. The third kappa shape index (κ3) is 4.99. The number of carbonyl (C=O) groups excluding carboxylic acids is 2. The van der Waals surface area contributed by atoms with Gasteiger partial charge in [0.15, 0.2) is 0 Å². The second-order valence-electron chi connectivity index (χ2n) is 8.30. The Hall–Kier alpha value is -3.99. The van der Waals surface area contributed by atoms with Gasteiger partial charge in [0.1, 0.15) is 5.67 Å². The van der Waals surface area contributed by atoms with Crippen LogP contribution in [0.5, 0.6) is 0 Å². The van der Waals surface area contributed by atoms with Crippen LogP contribution in [0.1, 0.15) is 28.8 Å². The van der Waals surface area contributed by atoms with Crippen LogP contribution in [0.25, 0.3) is 0 Å². The first kappa shape index (κ1) is 23.2. The van der Waals surface area contributed by atoms with E-state index in [-0.39, 0.29) is 17.8 Å². The van der Waals surface area contributed by atoms with Crippen LogP contribution in [0.4, 0.5) is 32.5 Å². The Bertz CT molecular complexity index is 1180. The molecule has 4 rings (SSSR count). The number of benzene rings is 2. The fraction of sp³-hybridized carbons (Fsp3) is 0.304. The number of nitrogens with zero attached hydrogens (tertiary/aromatic N) is 4. The minimum atomic E-state index is -1.40. The molecule has 0 bridgehead atoms. The number of hydrogen-bond donors (Lipinski definition) is 4. The summed E-state index contributed by atoms with van der Waals surface area (Å²) in [6, 6.07) is 12.7. The first-order valence-electron chi connectivity index (χ1n) is 10.9. The molecule has 0 radical (unpaired) electrons. The normalized spacial score (nSPS) is 18.3. The van der Waals surface area contributed by atoms with Crippen molar-refractivity contribution in [1.82, 2.24) is 25.0 Å². The molecule has 0 spiro atoms. The van der Waals surface area contributed by atoms with Crippen LogP contribution in [0, 0.1) is 0 Å². The first-order chi connectivity index (χ1) is 16.3. The molecule has 10 nitrogen and oxygen atoms in total. The van der Waals surface area contributed by atoms with E-state index in [1.165, 1.54) is 0 Å². The summed E-state index contributed by atoms with van der Waals surface area (Å²) in [6.07, 6.45) is 1.27.